The van der Waals surface area contributed by atoms with Crippen LogP contribution in [0.5, 0.6) is 17.2 Å². The molecule has 4 rings (SSSR count). The molecule has 1 unspecified atom stereocenters. The molecule has 0 bridgehead atoms. The van der Waals surface area contributed by atoms with Crippen LogP contribution in [0.4, 0.5) is 4.79 Å². The number of methoxy groups -OCH3 is 1. The Bertz CT molecular complexity index is 778. The van der Waals surface area contributed by atoms with Gasteiger partial charge in [0.25, 0.3) is 0 Å². The number of ether oxygens (including phenoxy) is 3. The third kappa shape index (κ3) is 4.60. The van der Waals surface area contributed by atoms with Crippen LogP contribution in [0.1, 0.15) is 5.56 Å². The maximum absolute atomic E-state index is 10.8. The van der Waals surface area contributed by atoms with Gasteiger partial charge in [0.05, 0.1) is 13.7 Å². The van der Waals surface area contributed by atoms with Crippen molar-refractivity contribution in [2.75, 3.05) is 20.3 Å². The normalized spacial score (nSPS) is 16.7. The van der Waals surface area contributed by atoms with E-state index in [1.807, 2.05) is 54.6 Å². The molecule has 2 heterocycles. The molecule has 7 heteroatoms. The number of hydrogen-bond donors (Lipinski definition) is 2. The number of hydroxylamine groups is 1. The molecule has 0 radical (unpaired) electrons. The van der Waals surface area contributed by atoms with Crippen LogP contribution in [0.2, 0.25) is 0 Å². The van der Waals surface area contributed by atoms with Crippen molar-refractivity contribution in [1.29, 1.82) is 0 Å². The lowest BCUT2D eigenvalue weighted by molar-refractivity contribution is 0.103. The second-order valence-electron chi connectivity index (χ2n) is 5.46. The second kappa shape index (κ2) is 8.66. The van der Waals surface area contributed by atoms with Crippen LogP contribution < -0.4 is 25.1 Å². The van der Waals surface area contributed by atoms with Gasteiger partial charge < -0.3 is 24.4 Å². The number of carbonyl (C=O) groups excluding carboxylic acids is 1. The predicted octanol–water partition coefficient (Wildman–Crippen LogP) is 2.74. The lowest BCUT2D eigenvalue weighted by Crippen LogP contribution is -2.22. The van der Waals surface area contributed by atoms with E-state index in [1.165, 1.54) is 0 Å². The molecule has 26 heavy (non-hydrogen) atoms. The zero-order chi connectivity index (χ0) is 18.2. The smallest absolute Gasteiger partial charge is 0.407 e. The maximum Gasteiger partial charge on any atom is 0.407 e. The van der Waals surface area contributed by atoms with Crippen LogP contribution in [-0.4, -0.2) is 32.5 Å². The van der Waals surface area contributed by atoms with Crippen LogP contribution in [-0.2, 0) is 4.74 Å². The van der Waals surface area contributed by atoms with Crippen molar-refractivity contribution in [3.63, 3.8) is 0 Å². The molecular formula is C19H20N2O5. The van der Waals surface area contributed by atoms with Gasteiger partial charge in [-0.05, 0) is 24.3 Å². The molecule has 2 aromatic rings. The van der Waals surface area contributed by atoms with E-state index in [9.17, 15) is 4.79 Å². The SMILES string of the molecule is C1=Cc2ccccc2ON1.COc1ccccc1OCC1CNC(=O)O1. The largest absolute Gasteiger partial charge is 0.493 e. The Balaban J connectivity index is 0.000000167. The first kappa shape index (κ1) is 17.5. The van der Waals surface area contributed by atoms with E-state index in [0.717, 1.165) is 11.3 Å². The van der Waals surface area contributed by atoms with Gasteiger partial charge in [-0.15, -0.1) is 0 Å². The standard InChI is InChI=1S/C11H13NO4.C8H7NO/c1-14-9-4-2-3-5-10(9)15-7-8-6-12-11(13)16-8;1-2-4-8-7(3-1)5-6-9-10-8/h2-5,8H,6-7H2,1H3,(H,12,13);1-6,9H. The third-order valence-corrected chi connectivity index (χ3v) is 3.66. The number of amides is 1. The molecule has 136 valence electrons. The summed E-state index contributed by atoms with van der Waals surface area (Å²) in [6, 6.07) is 15.2. The van der Waals surface area contributed by atoms with Crippen molar-refractivity contribution in [3.8, 4) is 17.2 Å². The van der Waals surface area contributed by atoms with E-state index < -0.39 is 6.09 Å². The monoisotopic (exact) mass is 356 g/mol. The average Bonchev–Trinajstić information content (AvgIpc) is 3.12. The fourth-order valence-corrected chi connectivity index (χ4v) is 2.38. The van der Waals surface area contributed by atoms with E-state index >= 15 is 0 Å². The van der Waals surface area contributed by atoms with Crippen molar-refractivity contribution in [3.05, 3.63) is 60.3 Å². The van der Waals surface area contributed by atoms with Crippen molar-refractivity contribution >= 4 is 12.2 Å². The highest BCUT2D eigenvalue weighted by Gasteiger charge is 2.23. The fourth-order valence-electron chi connectivity index (χ4n) is 2.38. The van der Waals surface area contributed by atoms with Gasteiger partial charge >= 0.3 is 6.09 Å². The molecule has 7 nitrogen and oxygen atoms in total. The van der Waals surface area contributed by atoms with Gasteiger partial charge in [-0.1, -0.05) is 30.3 Å². The van der Waals surface area contributed by atoms with Crippen LogP contribution in [0.25, 0.3) is 6.08 Å². The Kier molecular flexibility index (Phi) is 5.82. The van der Waals surface area contributed by atoms with Gasteiger partial charge in [-0.25, -0.2) is 10.3 Å². The summed E-state index contributed by atoms with van der Waals surface area (Å²) in [6.07, 6.45) is 3.10. The molecule has 2 aliphatic heterocycles. The molecule has 0 aromatic heterocycles. The molecule has 1 atom stereocenters. The Morgan fingerprint density at radius 2 is 1.88 bits per heavy atom. The summed E-state index contributed by atoms with van der Waals surface area (Å²) in [5.41, 5.74) is 3.77. The Morgan fingerprint density at radius 3 is 2.62 bits per heavy atom. The van der Waals surface area contributed by atoms with E-state index in [1.54, 1.807) is 13.3 Å². The molecule has 0 aliphatic carbocycles. The van der Waals surface area contributed by atoms with Crippen molar-refractivity contribution < 1.29 is 23.8 Å². The molecule has 2 N–H and O–H groups in total. The molecule has 1 fully saturated rings. The van der Waals surface area contributed by atoms with Gasteiger partial charge in [-0.2, -0.15) is 0 Å². The minimum Gasteiger partial charge on any atom is -0.493 e. The van der Waals surface area contributed by atoms with E-state index in [0.29, 0.717) is 24.7 Å². The summed E-state index contributed by atoms with van der Waals surface area (Å²) >= 11 is 0. The highest BCUT2D eigenvalue weighted by molar-refractivity contribution is 5.69. The molecule has 2 aromatic carbocycles. The Morgan fingerprint density at radius 1 is 1.12 bits per heavy atom. The summed E-state index contributed by atoms with van der Waals surface area (Å²) in [5.74, 6) is 2.19. The Hall–Kier alpha value is -3.35. The first-order chi connectivity index (χ1) is 12.8. The fraction of sp³-hybridized carbons (Fsp3) is 0.211. The average molecular weight is 356 g/mol. The number of para-hydroxylation sites is 3. The number of cyclic esters (lactones) is 1. The van der Waals surface area contributed by atoms with E-state index in [4.69, 9.17) is 19.0 Å². The lowest BCUT2D eigenvalue weighted by atomic mass is 10.2. The first-order valence-electron chi connectivity index (χ1n) is 8.14. The van der Waals surface area contributed by atoms with Crippen LogP contribution in [0.15, 0.2) is 54.7 Å². The topological polar surface area (TPSA) is 78.0 Å². The molecule has 1 amide bonds. The first-order valence-corrected chi connectivity index (χ1v) is 8.14. The number of carbonyl (C=O) groups is 1. The van der Waals surface area contributed by atoms with E-state index in [-0.39, 0.29) is 6.10 Å². The van der Waals surface area contributed by atoms with Crippen molar-refractivity contribution in [2.24, 2.45) is 0 Å². The number of nitrogens with one attached hydrogen (secondary N) is 2. The van der Waals surface area contributed by atoms with Crippen LogP contribution in [0.3, 0.4) is 0 Å². The third-order valence-electron chi connectivity index (χ3n) is 3.66. The highest BCUT2D eigenvalue weighted by Crippen LogP contribution is 2.26. The summed E-state index contributed by atoms with van der Waals surface area (Å²) < 4.78 is 15.6. The predicted molar refractivity (Wildman–Crippen MR) is 96.0 cm³/mol. The summed E-state index contributed by atoms with van der Waals surface area (Å²) in [7, 11) is 1.58. The zero-order valence-electron chi connectivity index (χ0n) is 14.3. The summed E-state index contributed by atoms with van der Waals surface area (Å²) in [4.78, 5) is 15.9. The van der Waals surface area contributed by atoms with Gasteiger partial charge in [-0.3, -0.25) is 0 Å². The van der Waals surface area contributed by atoms with E-state index in [2.05, 4.69) is 10.8 Å². The summed E-state index contributed by atoms with van der Waals surface area (Å²) in [5, 5.41) is 2.56. The second-order valence-corrected chi connectivity index (χ2v) is 5.46. The minimum atomic E-state index is -0.395. The zero-order valence-corrected chi connectivity index (χ0v) is 14.3. The number of rotatable bonds is 4. The number of benzene rings is 2. The number of fused-ring (bicyclic) bond motifs is 1. The molecule has 0 saturated carbocycles. The van der Waals surface area contributed by atoms with Gasteiger partial charge in [0.1, 0.15) is 6.61 Å². The number of alkyl carbamates (subject to hydrolysis) is 1. The molecule has 0 spiro atoms. The maximum atomic E-state index is 10.8. The van der Waals surface area contributed by atoms with Gasteiger partial charge in [0.15, 0.2) is 23.4 Å². The Labute approximate surface area is 151 Å². The lowest BCUT2D eigenvalue weighted by Gasteiger charge is -2.12. The van der Waals surface area contributed by atoms with Crippen molar-refractivity contribution in [2.45, 2.75) is 6.10 Å². The number of hydrogen-bond acceptors (Lipinski definition) is 6. The highest BCUT2D eigenvalue weighted by atomic mass is 16.6. The van der Waals surface area contributed by atoms with Crippen molar-refractivity contribution in [1.82, 2.24) is 10.8 Å². The van der Waals surface area contributed by atoms with Crippen LogP contribution >= 0.6 is 0 Å². The molecular weight excluding hydrogens is 336 g/mol. The molecule has 2 aliphatic rings. The van der Waals surface area contributed by atoms with Gasteiger partial charge in [0.2, 0.25) is 0 Å². The summed E-state index contributed by atoms with van der Waals surface area (Å²) in [6.45, 7) is 0.799. The quantitative estimate of drug-likeness (QED) is 0.877. The molecule has 1 saturated heterocycles. The minimum absolute atomic E-state index is 0.239. The van der Waals surface area contributed by atoms with Crippen LogP contribution in [0, 0.1) is 0 Å². The van der Waals surface area contributed by atoms with Gasteiger partial charge in [0, 0.05) is 11.8 Å².